The fourth-order valence-corrected chi connectivity index (χ4v) is 4.35. The molecule has 4 rings (SSSR count). The Morgan fingerprint density at radius 1 is 1.25 bits per heavy atom. The second-order valence-electron chi connectivity index (χ2n) is 7.57. The molecule has 0 bridgehead atoms. The normalized spacial score (nSPS) is 25.5. The van der Waals surface area contributed by atoms with E-state index in [0.717, 1.165) is 57.5 Å². The van der Waals surface area contributed by atoms with E-state index < -0.39 is 0 Å². The first-order chi connectivity index (χ1) is 11.2. The predicted octanol–water partition coefficient (Wildman–Crippen LogP) is 2.65. The maximum atomic E-state index is 12.6. The van der Waals surface area contributed by atoms with Crippen molar-refractivity contribution in [2.24, 2.45) is 11.3 Å². The number of carbonyl (C=O) groups excluding carboxylic acids is 1. The van der Waals surface area contributed by atoms with Gasteiger partial charge in [-0.15, -0.1) is 12.4 Å². The Morgan fingerprint density at radius 3 is 2.62 bits per heavy atom. The summed E-state index contributed by atoms with van der Waals surface area (Å²) in [5.41, 5.74) is 1.66. The maximum Gasteiger partial charge on any atom is 0.223 e. The number of methoxy groups -OCH3 is 1. The van der Waals surface area contributed by atoms with Gasteiger partial charge in [0, 0.05) is 23.4 Å². The summed E-state index contributed by atoms with van der Waals surface area (Å²) in [4.78, 5) is 12.6. The number of para-hydroxylation sites is 1. The largest absolute Gasteiger partial charge is 0.496 e. The Balaban J connectivity index is 0.00000169. The van der Waals surface area contributed by atoms with Crippen molar-refractivity contribution in [1.82, 2.24) is 10.6 Å². The first kappa shape index (κ1) is 17.6. The molecule has 1 heterocycles. The summed E-state index contributed by atoms with van der Waals surface area (Å²) in [5, 5.41) is 6.65. The quantitative estimate of drug-likeness (QED) is 0.858. The van der Waals surface area contributed by atoms with E-state index in [9.17, 15) is 4.79 Å². The van der Waals surface area contributed by atoms with Crippen molar-refractivity contribution in [2.75, 3.05) is 26.7 Å². The van der Waals surface area contributed by atoms with Gasteiger partial charge in [0.05, 0.1) is 7.11 Å². The van der Waals surface area contributed by atoms with Crippen molar-refractivity contribution in [3.63, 3.8) is 0 Å². The van der Waals surface area contributed by atoms with E-state index in [1.807, 2.05) is 12.1 Å². The molecular weight excluding hydrogens is 324 g/mol. The zero-order valence-electron chi connectivity index (χ0n) is 14.3. The summed E-state index contributed by atoms with van der Waals surface area (Å²) in [6.07, 6.45) is 5.66. The Kier molecular flexibility index (Phi) is 4.80. The summed E-state index contributed by atoms with van der Waals surface area (Å²) in [7, 11) is 1.72. The number of hydrogen-bond donors (Lipinski definition) is 2. The van der Waals surface area contributed by atoms with Gasteiger partial charge in [-0.3, -0.25) is 4.79 Å². The van der Waals surface area contributed by atoms with E-state index in [2.05, 4.69) is 22.8 Å². The number of ether oxygens (including phenoxy) is 1. The van der Waals surface area contributed by atoms with Crippen LogP contribution in [-0.2, 0) is 10.2 Å². The Labute approximate surface area is 150 Å². The predicted molar refractivity (Wildman–Crippen MR) is 96.8 cm³/mol. The summed E-state index contributed by atoms with van der Waals surface area (Å²) in [6.45, 7) is 2.88. The third kappa shape index (κ3) is 3.02. The van der Waals surface area contributed by atoms with E-state index in [4.69, 9.17) is 4.74 Å². The molecule has 2 saturated carbocycles. The molecule has 3 aliphatic rings. The van der Waals surface area contributed by atoms with Gasteiger partial charge >= 0.3 is 0 Å². The minimum Gasteiger partial charge on any atom is -0.496 e. The Morgan fingerprint density at radius 2 is 1.96 bits per heavy atom. The van der Waals surface area contributed by atoms with Crippen LogP contribution in [0.25, 0.3) is 0 Å². The van der Waals surface area contributed by atoms with Crippen LogP contribution in [0.3, 0.4) is 0 Å². The van der Waals surface area contributed by atoms with E-state index >= 15 is 0 Å². The van der Waals surface area contributed by atoms with Gasteiger partial charge in [-0.1, -0.05) is 18.2 Å². The van der Waals surface area contributed by atoms with Gasteiger partial charge in [0.2, 0.25) is 5.91 Å². The van der Waals surface area contributed by atoms with Crippen molar-refractivity contribution in [3.05, 3.63) is 29.8 Å². The molecule has 1 saturated heterocycles. The maximum absolute atomic E-state index is 12.6. The molecule has 0 radical (unpaired) electrons. The number of carbonyl (C=O) groups is 1. The number of hydrogen-bond acceptors (Lipinski definition) is 3. The van der Waals surface area contributed by atoms with Crippen LogP contribution >= 0.6 is 12.4 Å². The molecule has 1 spiro atoms. The van der Waals surface area contributed by atoms with E-state index in [-0.39, 0.29) is 29.6 Å². The molecule has 1 amide bonds. The highest BCUT2D eigenvalue weighted by molar-refractivity contribution is 5.85. The topological polar surface area (TPSA) is 50.4 Å². The zero-order valence-corrected chi connectivity index (χ0v) is 15.1. The second-order valence-corrected chi connectivity index (χ2v) is 7.57. The summed E-state index contributed by atoms with van der Waals surface area (Å²) in [5.74, 6) is 1.46. The molecule has 1 unspecified atom stereocenters. The lowest BCUT2D eigenvalue weighted by atomic mass is 9.91. The molecule has 1 aromatic rings. The third-order valence-corrected chi connectivity index (χ3v) is 6.24. The molecule has 132 valence electrons. The number of piperidine rings is 1. The zero-order chi connectivity index (χ0) is 15.9. The minimum absolute atomic E-state index is 0. The smallest absolute Gasteiger partial charge is 0.223 e. The molecule has 2 N–H and O–H groups in total. The molecule has 1 aliphatic heterocycles. The third-order valence-electron chi connectivity index (χ3n) is 6.24. The highest BCUT2D eigenvalue weighted by Crippen LogP contribution is 2.58. The molecule has 1 aromatic carbocycles. The van der Waals surface area contributed by atoms with Gasteiger partial charge in [-0.05, 0) is 56.7 Å². The van der Waals surface area contributed by atoms with Crippen LogP contribution < -0.4 is 15.4 Å². The van der Waals surface area contributed by atoms with Gasteiger partial charge < -0.3 is 15.4 Å². The van der Waals surface area contributed by atoms with Gasteiger partial charge in [-0.2, -0.15) is 0 Å². The van der Waals surface area contributed by atoms with Crippen LogP contribution in [0.15, 0.2) is 24.3 Å². The van der Waals surface area contributed by atoms with Crippen LogP contribution in [0.2, 0.25) is 0 Å². The van der Waals surface area contributed by atoms with Crippen molar-refractivity contribution in [3.8, 4) is 5.75 Å². The van der Waals surface area contributed by atoms with Gasteiger partial charge in [-0.25, -0.2) is 0 Å². The second kappa shape index (κ2) is 6.57. The number of halogens is 1. The number of rotatable bonds is 5. The lowest BCUT2D eigenvalue weighted by molar-refractivity contribution is -0.123. The number of benzene rings is 1. The molecule has 5 heteroatoms. The molecule has 24 heavy (non-hydrogen) atoms. The average Bonchev–Trinajstić information content (AvgIpc) is 3.51. The monoisotopic (exact) mass is 350 g/mol. The molecular formula is C19H27ClN2O2. The van der Waals surface area contributed by atoms with Crippen LogP contribution in [0.4, 0.5) is 0 Å². The fourth-order valence-electron chi connectivity index (χ4n) is 4.35. The SMILES string of the molecule is COc1ccccc1C1(CNC(=O)C2CC23CCNCC3)CC1.Cl. The van der Waals surface area contributed by atoms with Gasteiger partial charge in [0.25, 0.3) is 0 Å². The first-order valence-electron chi connectivity index (χ1n) is 8.81. The Hall–Kier alpha value is -1.26. The van der Waals surface area contributed by atoms with E-state index in [1.54, 1.807) is 7.11 Å². The summed E-state index contributed by atoms with van der Waals surface area (Å²) >= 11 is 0. The van der Waals surface area contributed by atoms with Crippen LogP contribution in [0, 0.1) is 11.3 Å². The summed E-state index contributed by atoms with van der Waals surface area (Å²) in [6, 6.07) is 8.22. The number of amides is 1. The van der Waals surface area contributed by atoms with E-state index in [1.165, 1.54) is 5.56 Å². The first-order valence-corrected chi connectivity index (χ1v) is 8.81. The average molecular weight is 351 g/mol. The molecule has 1 atom stereocenters. The van der Waals surface area contributed by atoms with Crippen molar-refractivity contribution in [2.45, 2.75) is 37.5 Å². The standard InChI is InChI=1S/C19H26N2O2.ClH/c1-23-16-5-3-2-4-14(16)19(6-7-19)13-21-17(22)15-12-18(15)8-10-20-11-9-18;/h2-5,15,20H,6-13H2,1H3,(H,21,22);1H. The Bertz CT molecular complexity index is 609. The molecule has 0 aromatic heterocycles. The van der Waals surface area contributed by atoms with Gasteiger partial charge in [0.1, 0.15) is 5.75 Å². The van der Waals surface area contributed by atoms with E-state index in [0.29, 0.717) is 5.41 Å². The van der Waals surface area contributed by atoms with Crippen molar-refractivity contribution in [1.29, 1.82) is 0 Å². The van der Waals surface area contributed by atoms with Crippen molar-refractivity contribution >= 4 is 18.3 Å². The van der Waals surface area contributed by atoms with Crippen LogP contribution in [0.1, 0.15) is 37.7 Å². The van der Waals surface area contributed by atoms with Crippen LogP contribution in [-0.4, -0.2) is 32.7 Å². The molecule has 4 nitrogen and oxygen atoms in total. The fraction of sp³-hybridized carbons (Fsp3) is 0.632. The highest BCUT2D eigenvalue weighted by Gasteiger charge is 2.58. The van der Waals surface area contributed by atoms with Gasteiger partial charge in [0.15, 0.2) is 0 Å². The van der Waals surface area contributed by atoms with Crippen LogP contribution in [0.5, 0.6) is 5.75 Å². The minimum atomic E-state index is 0. The molecule has 2 aliphatic carbocycles. The lowest BCUT2D eigenvalue weighted by Gasteiger charge is -2.24. The lowest BCUT2D eigenvalue weighted by Crippen LogP contribution is -2.36. The van der Waals surface area contributed by atoms with Crippen molar-refractivity contribution < 1.29 is 9.53 Å². The summed E-state index contributed by atoms with van der Waals surface area (Å²) < 4.78 is 5.51. The highest BCUT2D eigenvalue weighted by atomic mass is 35.5. The number of nitrogens with one attached hydrogen (secondary N) is 2. The molecule has 3 fully saturated rings.